The molecule has 3 rings (SSSR count). The summed E-state index contributed by atoms with van der Waals surface area (Å²) < 4.78 is 26.3. The zero-order chi connectivity index (χ0) is 22.6. The Kier molecular flexibility index (Phi) is 7.54. The third kappa shape index (κ3) is 5.74. The lowest BCUT2D eigenvalue weighted by molar-refractivity contribution is -0.120. The Morgan fingerprint density at radius 1 is 1.16 bits per heavy atom. The molecule has 1 aliphatic heterocycles. The highest BCUT2D eigenvalue weighted by Gasteiger charge is 2.28. The molecule has 0 aromatic heterocycles. The molecule has 0 saturated heterocycles. The lowest BCUT2D eigenvalue weighted by Gasteiger charge is -2.18. The van der Waals surface area contributed by atoms with Crippen molar-refractivity contribution in [3.63, 3.8) is 0 Å². The van der Waals surface area contributed by atoms with Crippen LogP contribution in [0.25, 0.3) is 0 Å². The van der Waals surface area contributed by atoms with Crippen molar-refractivity contribution in [2.75, 3.05) is 23.7 Å². The van der Waals surface area contributed by atoms with Gasteiger partial charge in [0.05, 0.1) is 10.6 Å². The molecule has 0 spiro atoms. The maximum Gasteiger partial charge on any atom is 0.226 e. The van der Waals surface area contributed by atoms with Gasteiger partial charge in [0, 0.05) is 36.1 Å². The normalized spacial score (nSPS) is 13.2. The van der Waals surface area contributed by atoms with Gasteiger partial charge in [-0.05, 0) is 59.0 Å². The average molecular weight is 507 g/mol. The number of anilines is 1. The Balaban J connectivity index is 1.61. The second-order valence-electron chi connectivity index (χ2n) is 7.71. The van der Waals surface area contributed by atoms with Gasteiger partial charge in [-0.15, -0.1) is 0 Å². The van der Waals surface area contributed by atoms with Crippen molar-refractivity contribution in [1.29, 1.82) is 0 Å². The smallest absolute Gasteiger partial charge is 0.226 e. The monoisotopic (exact) mass is 506 g/mol. The Morgan fingerprint density at radius 2 is 1.87 bits per heavy atom. The average Bonchev–Trinajstić information content (AvgIpc) is 3.15. The SMILES string of the molecule is CCC(=O)N1CCc2cc(Br)c(S(=O)(=O)CCC(=O)NCCc3ccc(C)cc3)cc21. The quantitative estimate of drug-likeness (QED) is 0.592. The molecule has 6 nitrogen and oxygen atoms in total. The third-order valence-corrected chi connectivity index (χ3v) is 8.09. The van der Waals surface area contributed by atoms with Crippen LogP contribution in [0.2, 0.25) is 0 Å². The molecular weight excluding hydrogens is 480 g/mol. The summed E-state index contributed by atoms with van der Waals surface area (Å²) in [5.41, 5.74) is 3.89. The van der Waals surface area contributed by atoms with E-state index >= 15 is 0 Å². The van der Waals surface area contributed by atoms with E-state index < -0.39 is 9.84 Å². The third-order valence-electron chi connectivity index (χ3n) is 5.42. The second kappa shape index (κ2) is 9.96. The Labute approximate surface area is 192 Å². The number of rotatable bonds is 8. The van der Waals surface area contributed by atoms with E-state index in [0.717, 1.165) is 11.1 Å². The molecule has 166 valence electrons. The van der Waals surface area contributed by atoms with Gasteiger partial charge in [0.2, 0.25) is 11.8 Å². The molecule has 1 N–H and O–H groups in total. The lowest BCUT2D eigenvalue weighted by atomic mass is 10.1. The van der Waals surface area contributed by atoms with Crippen LogP contribution in [0.5, 0.6) is 0 Å². The number of hydrogen-bond donors (Lipinski definition) is 1. The first-order chi connectivity index (χ1) is 14.7. The molecule has 8 heteroatoms. The number of nitrogens with zero attached hydrogens (tertiary/aromatic N) is 1. The van der Waals surface area contributed by atoms with Gasteiger partial charge in [-0.3, -0.25) is 9.59 Å². The van der Waals surface area contributed by atoms with Gasteiger partial charge in [0.1, 0.15) is 0 Å². The lowest BCUT2D eigenvalue weighted by Crippen LogP contribution is -2.28. The zero-order valence-electron chi connectivity index (χ0n) is 17.8. The van der Waals surface area contributed by atoms with Crippen molar-refractivity contribution >= 4 is 43.3 Å². The highest BCUT2D eigenvalue weighted by Crippen LogP contribution is 2.36. The number of halogens is 1. The fourth-order valence-electron chi connectivity index (χ4n) is 3.60. The van der Waals surface area contributed by atoms with Crippen LogP contribution >= 0.6 is 15.9 Å². The number of amides is 2. The van der Waals surface area contributed by atoms with E-state index in [4.69, 9.17) is 0 Å². The van der Waals surface area contributed by atoms with E-state index in [0.29, 0.717) is 42.5 Å². The van der Waals surface area contributed by atoms with Crippen LogP contribution in [0.15, 0.2) is 45.8 Å². The molecule has 1 aliphatic rings. The summed E-state index contributed by atoms with van der Waals surface area (Å²) in [6.07, 6.45) is 1.64. The number of benzene rings is 2. The van der Waals surface area contributed by atoms with E-state index in [1.165, 1.54) is 5.56 Å². The highest BCUT2D eigenvalue weighted by molar-refractivity contribution is 9.10. The largest absolute Gasteiger partial charge is 0.356 e. The number of hydrogen-bond acceptors (Lipinski definition) is 4. The van der Waals surface area contributed by atoms with Crippen LogP contribution in [0.1, 0.15) is 36.5 Å². The molecular formula is C23H27BrN2O4S. The van der Waals surface area contributed by atoms with Crippen molar-refractivity contribution in [2.45, 2.75) is 44.4 Å². The number of carbonyl (C=O) groups is 2. The second-order valence-corrected chi connectivity index (χ2v) is 10.6. The number of fused-ring (bicyclic) bond motifs is 1. The summed E-state index contributed by atoms with van der Waals surface area (Å²) in [4.78, 5) is 26.1. The molecule has 2 aromatic rings. The molecule has 1 heterocycles. The number of sulfone groups is 1. The standard InChI is InChI=1S/C23H27BrN2O4S/c1-3-23(28)26-12-9-18-14-19(24)21(15-20(18)26)31(29,30)13-10-22(27)25-11-8-17-6-4-16(2)5-7-17/h4-7,14-15H,3,8-13H2,1-2H3,(H,25,27). The van der Waals surface area contributed by atoms with Crippen LogP contribution in [0, 0.1) is 6.92 Å². The van der Waals surface area contributed by atoms with Crippen LogP contribution in [0.4, 0.5) is 5.69 Å². The molecule has 0 radical (unpaired) electrons. The predicted molar refractivity (Wildman–Crippen MR) is 125 cm³/mol. The Bertz CT molecular complexity index is 1080. The molecule has 0 fully saturated rings. The van der Waals surface area contributed by atoms with E-state index in [-0.39, 0.29) is 28.9 Å². The minimum absolute atomic E-state index is 0.0302. The van der Waals surface area contributed by atoms with Gasteiger partial charge in [0.25, 0.3) is 0 Å². The van der Waals surface area contributed by atoms with Crippen molar-refractivity contribution in [1.82, 2.24) is 5.32 Å². The first-order valence-corrected chi connectivity index (χ1v) is 12.8. The van der Waals surface area contributed by atoms with Crippen LogP contribution in [0.3, 0.4) is 0 Å². The molecule has 0 bridgehead atoms. The minimum atomic E-state index is -3.69. The van der Waals surface area contributed by atoms with Crippen LogP contribution in [-0.4, -0.2) is 39.1 Å². The topological polar surface area (TPSA) is 83.6 Å². The molecule has 2 amide bonds. The van der Waals surface area contributed by atoms with E-state index in [9.17, 15) is 18.0 Å². The van der Waals surface area contributed by atoms with Gasteiger partial charge in [-0.25, -0.2) is 8.42 Å². The predicted octanol–water partition coefficient (Wildman–Crippen LogP) is 3.58. The molecule has 2 aromatic carbocycles. The summed E-state index contributed by atoms with van der Waals surface area (Å²) in [7, 11) is -3.69. The summed E-state index contributed by atoms with van der Waals surface area (Å²) >= 11 is 3.36. The van der Waals surface area contributed by atoms with E-state index in [1.54, 1.807) is 24.0 Å². The zero-order valence-corrected chi connectivity index (χ0v) is 20.2. The highest BCUT2D eigenvalue weighted by atomic mass is 79.9. The van der Waals surface area contributed by atoms with Crippen molar-refractivity contribution in [3.05, 3.63) is 57.6 Å². The summed E-state index contributed by atoms with van der Waals surface area (Å²) in [5, 5.41) is 2.79. The maximum atomic E-state index is 12.9. The molecule has 0 unspecified atom stereocenters. The van der Waals surface area contributed by atoms with E-state index in [2.05, 4.69) is 21.2 Å². The van der Waals surface area contributed by atoms with Crippen LogP contribution < -0.4 is 10.2 Å². The fourth-order valence-corrected chi connectivity index (χ4v) is 6.05. The molecule has 0 saturated carbocycles. The number of aryl methyl sites for hydroxylation is 1. The molecule has 0 atom stereocenters. The minimum Gasteiger partial charge on any atom is -0.356 e. The van der Waals surface area contributed by atoms with Crippen molar-refractivity contribution in [2.24, 2.45) is 0 Å². The van der Waals surface area contributed by atoms with Gasteiger partial charge in [-0.2, -0.15) is 0 Å². The van der Waals surface area contributed by atoms with Gasteiger partial charge in [-0.1, -0.05) is 36.8 Å². The molecule has 31 heavy (non-hydrogen) atoms. The maximum absolute atomic E-state index is 12.9. The van der Waals surface area contributed by atoms with Gasteiger partial charge >= 0.3 is 0 Å². The van der Waals surface area contributed by atoms with Crippen molar-refractivity contribution < 1.29 is 18.0 Å². The fraction of sp³-hybridized carbons (Fsp3) is 0.391. The summed E-state index contributed by atoms with van der Waals surface area (Å²) in [5.74, 6) is -0.615. The first-order valence-electron chi connectivity index (χ1n) is 10.4. The first kappa shape index (κ1) is 23.5. The molecule has 0 aliphatic carbocycles. The summed E-state index contributed by atoms with van der Waals surface area (Å²) in [6.45, 7) is 4.82. The van der Waals surface area contributed by atoms with Gasteiger partial charge < -0.3 is 10.2 Å². The number of carbonyl (C=O) groups excluding carboxylic acids is 2. The number of nitrogens with one attached hydrogen (secondary N) is 1. The summed E-state index contributed by atoms with van der Waals surface area (Å²) in [6, 6.07) is 11.4. The van der Waals surface area contributed by atoms with Gasteiger partial charge in [0.15, 0.2) is 9.84 Å². The van der Waals surface area contributed by atoms with Crippen LogP contribution in [-0.2, 0) is 32.3 Å². The van der Waals surface area contributed by atoms with E-state index in [1.807, 2.05) is 31.2 Å². The van der Waals surface area contributed by atoms with Crippen molar-refractivity contribution in [3.8, 4) is 0 Å². The Morgan fingerprint density at radius 3 is 2.55 bits per heavy atom. The Hall–Kier alpha value is -2.19.